The van der Waals surface area contributed by atoms with Gasteiger partial charge in [0.25, 0.3) is 5.91 Å². The van der Waals surface area contributed by atoms with Gasteiger partial charge in [0.05, 0.1) is 16.5 Å². The van der Waals surface area contributed by atoms with E-state index in [0.29, 0.717) is 23.2 Å². The normalized spacial score (nSPS) is 13.9. The molecule has 2 N–H and O–H groups in total. The van der Waals surface area contributed by atoms with Crippen LogP contribution in [0.2, 0.25) is 0 Å². The number of hydrogen-bond acceptors (Lipinski definition) is 4. The Balaban J connectivity index is 1.57. The van der Waals surface area contributed by atoms with Gasteiger partial charge in [-0.25, -0.2) is 13.1 Å². The third kappa shape index (κ3) is 5.73. The van der Waals surface area contributed by atoms with Crippen molar-refractivity contribution in [3.8, 4) is 17.2 Å². The Morgan fingerprint density at radius 2 is 1.64 bits per heavy atom. The minimum Gasteiger partial charge on any atom is -0.322 e. The summed E-state index contributed by atoms with van der Waals surface area (Å²) in [5, 5.41) is 12.2. The molecular formula is C29H29N3O3S. The molecule has 1 amide bonds. The number of allylic oxidation sites excluding steroid dienone is 1. The molecule has 0 heterocycles. The number of nitrogens with zero attached hydrogens (tertiary/aromatic N) is 1. The van der Waals surface area contributed by atoms with Gasteiger partial charge in [0.1, 0.15) is 0 Å². The van der Waals surface area contributed by atoms with E-state index in [2.05, 4.69) is 16.1 Å². The average Bonchev–Trinajstić information content (AvgIpc) is 3.33. The van der Waals surface area contributed by atoms with Crippen molar-refractivity contribution in [2.45, 2.75) is 50.5 Å². The maximum Gasteiger partial charge on any atom is 0.251 e. The molecule has 0 saturated heterocycles. The molecule has 0 spiro atoms. The highest BCUT2D eigenvalue weighted by Gasteiger charge is 2.25. The van der Waals surface area contributed by atoms with Crippen LogP contribution in [0.5, 0.6) is 0 Å². The van der Waals surface area contributed by atoms with Gasteiger partial charge in [0, 0.05) is 22.4 Å². The second kappa shape index (κ2) is 10.1. The molecule has 0 bridgehead atoms. The van der Waals surface area contributed by atoms with Crippen LogP contribution in [0.4, 0.5) is 5.69 Å². The zero-order valence-electron chi connectivity index (χ0n) is 20.6. The quantitative estimate of drug-likeness (QED) is 0.442. The van der Waals surface area contributed by atoms with E-state index in [-0.39, 0.29) is 10.8 Å². The number of sulfonamides is 1. The molecule has 0 saturated carbocycles. The number of hydrogen-bond donors (Lipinski definition) is 2. The van der Waals surface area contributed by atoms with Crippen LogP contribution in [-0.4, -0.2) is 19.9 Å². The second-order valence-electron chi connectivity index (χ2n) is 9.89. The van der Waals surface area contributed by atoms with Gasteiger partial charge in [-0.2, -0.15) is 5.26 Å². The van der Waals surface area contributed by atoms with Gasteiger partial charge >= 0.3 is 0 Å². The fourth-order valence-electron chi connectivity index (χ4n) is 4.43. The van der Waals surface area contributed by atoms with Gasteiger partial charge in [-0.05, 0) is 87.1 Å². The molecule has 0 aliphatic heterocycles. The molecule has 0 aromatic heterocycles. The van der Waals surface area contributed by atoms with Crippen LogP contribution in [0.25, 0.3) is 16.7 Å². The van der Waals surface area contributed by atoms with E-state index in [1.807, 2.05) is 18.2 Å². The number of carbonyl (C=O) groups excluding carboxylic acids is 1. The van der Waals surface area contributed by atoms with Crippen molar-refractivity contribution in [1.82, 2.24) is 4.72 Å². The van der Waals surface area contributed by atoms with Gasteiger partial charge in [-0.15, -0.1) is 0 Å². The number of rotatable bonds is 6. The summed E-state index contributed by atoms with van der Waals surface area (Å²) in [7, 11) is -3.72. The van der Waals surface area contributed by atoms with Crippen molar-refractivity contribution in [2.75, 3.05) is 5.32 Å². The van der Waals surface area contributed by atoms with Crippen molar-refractivity contribution in [2.24, 2.45) is 0 Å². The van der Waals surface area contributed by atoms with Crippen LogP contribution in [0, 0.1) is 11.3 Å². The SMILES string of the molecule is CC(C)(C)NS(=O)(=O)c1ccccc1-c1ccc(NC(=O)C2=C(c3cccc(C#N)c3)CCC2)cc1. The first-order chi connectivity index (χ1) is 17.1. The number of anilines is 1. The van der Waals surface area contributed by atoms with Crippen LogP contribution >= 0.6 is 0 Å². The molecule has 3 aromatic carbocycles. The minimum absolute atomic E-state index is 0.157. The topological polar surface area (TPSA) is 99.1 Å². The standard InChI is InChI=1S/C29H29N3O3S/c1-29(2,3)32-36(34,35)27-13-5-4-10-25(27)21-14-16-23(17-15-21)31-28(33)26-12-7-11-24(26)22-9-6-8-20(18-22)19-30/h4-6,8-10,13-18,32H,7,11-12H2,1-3H3,(H,31,33). The molecule has 6 nitrogen and oxygen atoms in total. The van der Waals surface area contributed by atoms with E-state index in [1.54, 1.807) is 75.4 Å². The monoisotopic (exact) mass is 499 g/mol. The summed E-state index contributed by atoms with van der Waals surface area (Å²) in [6.07, 6.45) is 2.37. The second-order valence-corrected chi connectivity index (χ2v) is 11.5. The Bertz CT molecular complexity index is 1480. The summed E-state index contributed by atoms with van der Waals surface area (Å²) in [5.74, 6) is -0.157. The molecule has 184 valence electrons. The third-order valence-corrected chi connectivity index (χ3v) is 7.72. The number of benzene rings is 3. The smallest absolute Gasteiger partial charge is 0.251 e. The fourth-order valence-corrected chi connectivity index (χ4v) is 6.08. The molecule has 1 aliphatic rings. The largest absolute Gasteiger partial charge is 0.322 e. The van der Waals surface area contributed by atoms with Crippen molar-refractivity contribution >= 4 is 27.2 Å². The Kier molecular flexibility index (Phi) is 7.11. The number of carbonyl (C=O) groups is 1. The summed E-state index contributed by atoms with van der Waals surface area (Å²) in [6.45, 7) is 5.40. The lowest BCUT2D eigenvalue weighted by Crippen LogP contribution is -2.40. The van der Waals surface area contributed by atoms with Crippen LogP contribution in [0.15, 0.2) is 83.3 Å². The minimum atomic E-state index is -3.72. The van der Waals surface area contributed by atoms with Crippen LogP contribution in [0.1, 0.15) is 51.2 Å². The maximum atomic E-state index is 13.1. The zero-order valence-corrected chi connectivity index (χ0v) is 21.4. The first kappa shape index (κ1) is 25.4. The Labute approximate surface area is 212 Å². The van der Waals surface area contributed by atoms with E-state index in [9.17, 15) is 18.5 Å². The summed E-state index contributed by atoms with van der Waals surface area (Å²) in [6, 6.07) is 23.5. The van der Waals surface area contributed by atoms with Gasteiger partial charge < -0.3 is 5.32 Å². The molecule has 1 aliphatic carbocycles. The maximum absolute atomic E-state index is 13.1. The van der Waals surface area contributed by atoms with Crippen LogP contribution in [0.3, 0.4) is 0 Å². The molecule has 7 heteroatoms. The van der Waals surface area contributed by atoms with Gasteiger partial charge in [0.2, 0.25) is 10.0 Å². The lowest BCUT2D eigenvalue weighted by molar-refractivity contribution is -0.112. The highest BCUT2D eigenvalue weighted by atomic mass is 32.2. The Morgan fingerprint density at radius 3 is 2.33 bits per heavy atom. The Morgan fingerprint density at radius 1 is 0.917 bits per heavy atom. The van der Waals surface area contributed by atoms with Gasteiger partial charge in [0.15, 0.2) is 0 Å². The van der Waals surface area contributed by atoms with Crippen LogP contribution in [-0.2, 0) is 14.8 Å². The predicted octanol–water partition coefficient (Wildman–Crippen LogP) is 5.88. The van der Waals surface area contributed by atoms with Crippen molar-refractivity contribution < 1.29 is 13.2 Å². The lowest BCUT2D eigenvalue weighted by Gasteiger charge is -2.21. The van der Waals surface area contributed by atoms with E-state index in [0.717, 1.165) is 35.1 Å². The van der Waals surface area contributed by atoms with Gasteiger partial charge in [-0.1, -0.05) is 42.5 Å². The lowest BCUT2D eigenvalue weighted by atomic mass is 9.99. The van der Waals surface area contributed by atoms with Gasteiger partial charge in [-0.3, -0.25) is 4.79 Å². The fraction of sp³-hybridized carbons (Fsp3) is 0.241. The molecule has 0 fully saturated rings. The first-order valence-electron chi connectivity index (χ1n) is 11.8. The zero-order chi connectivity index (χ0) is 25.9. The molecule has 0 radical (unpaired) electrons. The number of nitrogens with one attached hydrogen (secondary N) is 2. The summed E-state index contributed by atoms with van der Waals surface area (Å²) >= 11 is 0. The van der Waals surface area contributed by atoms with Crippen molar-refractivity contribution in [1.29, 1.82) is 5.26 Å². The Hall–Kier alpha value is -3.73. The predicted molar refractivity (Wildman–Crippen MR) is 143 cm³/mol. The number of amides is 1. The van der Waals surface area contributed by atoms with Crippen molar-refractivity contribution in [3.05, 3.63) is 89.5 Å². The summed E-state index contributed by atoms with van der Waals surface area (Å²) < 4.78 is 28.7. The number of nitriles is 1. The van der Waals surface area contributed by atoms with E-state index < -0.39 is 15.6 Å². The molecule has 0 unspecified atom stereocenters. The molecular weight excluding hydrogens is 470 g/mol. The molecule has 3 aromatic rings. The highest BCUT2D eigenvalue weighted by Crippen LogP contribution is 2.35. The average molecular weight is 500 g/mol. The van der Waals surface area contributed by atoms with Crippen LogP contribution < -0.4 is 10.0 Å². The third-order valence-electron chi connectivity index (χ3n) is 5.90. The molecule has 0 atom stereocenters. The van der Waals surface area contributed by atoms with E-state index >= 15 is 0 Å². The van der Waals surface area contributed by atoms with E-state index in [4.69, 9.17) is 0 Å². The molecule has 4 rings (SSSR count). The summed E-state index contributed by atoms with van der Waals surface area (Å²) in [5.41, 5.74) is 4.54. The molecule has 36 heavy (non-hydrogen) atoms. The van der Waals surface area contributed by atoms with Crippen molar-refractivity contribution in [3.63, 3.8) is 0 Å². The van der Waals surface area contributed by atoms with E-state index in [1.165, 1.54) is 0 Å². The highest BCUT2D eigenvalue weighted by molar-refractivity contribution is 7.89. The summed E-state index contributed by atoms with van der Waals surface area (Å²) in [4.78, 5) is 13.3. The first-order valence-corrected chi connectivity index (χ1v) is 13.3.